The van der Waals surface area contributed by atoms with E-state index in [1.807, 2.05) is 12.1 Å². The van der Waals surface area contributed by atoms with Crippen molar-refractivity contribution >= 4 is 11.6 Å². The number of rotatable bonds is 8. The molecule has 1 fully saturated rings. The minimum Gasteiger partial charge on any atom is -0.325 e. The van der Waals surface area contributed by atoms with E-state index in [9.17, 15) is 13.6 Å². The van der Waals surface area contributed by atoms with Gasteiger partial charge in [-0.05, 0) is 36.5 Å². The fourth-order valence-electron chi connectivity index (χ4n) is 3.46. The highest BCUT2D eigenvalue weighted by molar-refractivity contribution is 5.92. The average molecular weight is 352 g/mol. The topological polar surface area (TPSA) is 32.3 Å². The Kier molecular flexibility index (Phi) is 7.36. The molecule has 1 aliphatic heterocycles. The zero-order chi connectivity index (χ0) is 18.3. The number of nitrogens with zero attached hydrogens (tertiary/aromatic N) is 1. The smallest absolute Gasteiger partial charge is 0.250 e. The number of carbonyl (C=O) groups is 1. The normalized spacial score (nSPS) is 17.6. The lowest BCUT2D eigenvalue weighted by Crippen LogP contribution is -2.42. The van der Waals surface area contributed by atoms with E-state index in [1.165, 1.54) is 18.4 Å². The van der Waals surface area contributed by atoms with Gasteiger partial charge in [-0.3, -0.25) is 9.69 Å². The summed E-state index contributed by atoms with van der Waals surface area (Å²) < 4.78 is 26.3. The summed E-state index contributed by atoms with van der Waals surface area (Å²) in [5.74, 6) is -2.14. The third-order valence-electron chi connectivity index (χ3n) is 4.89. The lowest BCUT2D eigenvalue weighted by molar-refractivity contribution is -0.119. The van der Waals surface area contributed by atoms with Crippen molar-refractivity contribution in [1.82, 2.24) is 4.90 Å². The maximum Gasteiger partial charge on any atom is 0.250 e. The van der Waals surface area contributed by atoms with E-state index < -0.39 is 5.92 Å². The maximum atomic E-state index is 13.1. The molecule has 0 saturated carbocycles. The van der Waals surface area contributed by atoms with Gasteiger partial charge in [-0.2, -0.15) is 0 Å². The number of alkyl halides is 2. The minimum absolute atomic E-state index is 0.142. The van der Waals surface area contributed by atoms with Gasteiger partial charge in [-0.1, -0.05) is 38.8 Å². The Labute approximate surface area is 149 Å². The van der Waals surface area contributed by atoms with Crippen LogP contribution in [0.15, 0.2) is 24.3 Å². The number of likely N-dealkylation sites (tertiary alicyclic amines) is 1. The highest BCUT2D eigenvalue weighted by atomic mass is 19.3. The molecule has 5 heteroatoms. The van der Waals surface area contributed by atoms with E-state index in [0.717, 1.165) is 18.5 Å². The van der Waals surface area contributed by atoms with E-state index in [0.29, 0.717) is 5.92 Å². The zero-order valence-corrected chi connectivity index (χ0v) is 15.4. The largest absolute Gasteiger partial charge is 0.325 e. The summed E-state index contributed by atoms with van der Waals surface area (Å²) in [7, 11) is 0. The van der Waals surface area contributed by atoms with Gasteiger partial charge in [0.2, 0.25) is 5.91 Å². The average Bonchev–Trinajstić information content (AvgIpc) is 2.57. The van der Waals surface area contributed by atoms with Crippen molar-refractivity contribution in [2.45, 2.75) is 64.2 Å². The monoisotopic (exact) mass is 352 g/mol. The van der Waals surface area contributed by atoms with E-state index in [1.54, 1.807) is 4.90 Å². The van der Waals surface area contributed by atoms with Crippen LogP contribution in [-0.4, -0.2) is 36.4 Å². The molecule has 1 saturated heterocycles. The number of amides is 1. The molecule has 25 heavy (non-hydrogen) atoms. The first-order valence-corrected chi connectivity index (χ1v) is 9.43. The van der Waals surface area contributed by atoms with Gasteiger partial charge < -0.3 is 5.32 Å². The molecule has 0 aliphatic carbocycles. The van der Waals surface area contributed by atoms with Gasteiger partial charge in [0, 0.05) is 31.6 Å². The zero-order valence-electron chi connectivity index (χ0n) is 15.4. The Balaban J connectivity index is 1.85. The number of hydrogen-bond acceptors (Lipinski definition) is 2. The van der Waals surface area contributed by atoms with Crippen LogP contribution in [0.2, 0.25) is 0 Å². The standard InChI is InChI=1S/C20H30F2N2O/c1-3-5-16(6-4-2)17-7-9-18(10-8-17)23-19(25)15-24-13-11-20(21,22)12-14-24/h7-10,16H,3-6,11-15H2,1-2H3,(H,23,25). The Bertz CT molecular complexity index is 529. The first kappa shape index (κ1) is 19.8. The molecule has 1 heterocycles. The molecule has 0 spiro atoms. The number of piperidine rings is 1. The summed E-state index contributed by atoms with van der Waals surface area (Å²) in [4.78, 5) is 13.9. The van der Waals surface area contributed by atoms with E-state index >= 15 is 0 Å². The molecular formula is C20H30F2N2O. The quantitative estimate of drug-likeness (QED) is 0.711. The number of hydrogen-bond donors (Lipinski definition) is 1. The SMILES string of the molecule is CCCC(CCC)c1ccc(NC(=O)CN2CCC(F)(F)CC2)cc1. The Hall–Kier alpha value is -1.49. The van der Waals surface area contributed by atoms with Gasteiger partial charge in [-0.15, -0.1) is 0 Å². The van der Waals surface area contributed by atoms with Crippen molar-refractivity contribution in [1.29, 1.82) is 0 Å². The molecule has 2 rings (SSSR count). The fraction of sp³-hybridized carbons (Fsp3) is 0.650. The molecule has 0 unspecified atom stereocenters. The molecule has 0 bridgehead atoms. The lowest BCUT2D eigenvalue weighted by atomic mass is 9.90. The van der Waals surface area contributed by atoms with Crippen LogP contribution in [0.4, 0.5) is 14.5 Å². The third kappa shape index (κ3) is 6.38. The Morgan fingerprint density at radius 3 is 2.20 bits per heavy atom. The van der Waals surface area contributed by atoms with Gasteiger partial charge >= 0.3 is 0 Å². The summed E-state index contributed by atoms with van der Waals surface area (Å²) in [6, 6.07) is 8.06. The van der Waals surface area contributed by atoms with Crippen LogP contribution < -0.4 is 5.32 Å². The van der Waals surface area contributed by atoms with Gasteiger partial charge in [0.25, 0.3) is 5.92 Å². The van der Waals surface area contributed by atoms with Crippen molar-refractivity contribution in [2.75, 3.05) is 25.0 Å². The number of anilines is 1. The van der Waals surface area contributed by atoms with E-state index in [2.05, 4.69) is 31.3 Å². The van der Waals surface area contributed by atoms with Crippen molar-refractivity contribution in [3.05, 3.63) is 29.8 Å². The Morgan fingerprint density at radius 2 is 1.68 bits per heavy atom. The van der Waals surface area contributed by atoms with E-state index in [-0.39, 0.29) is 38.4 Å². The third-order valence-corrected chi connectivity index (χ3v) is 4.89. The molecular weight excluding hydrogens is 322 g/mol. The summed E-state index contributed by atoms with van der Waals surface area (Å²) in [6.45, 7) is 5.12. The molecule has 0 radical (unpaired) electrons. The molecule has 1 aliphatic rings. The van der Waals surface area contributed by atoms with Crippen LogP contribution in [-0.2, 0) is 4.79 Å². The molecule has 1 amide bonds. The van der Waals surface area contributed by atoms with Crippen molar-refractivity contribution in [3.8, 4) is 0 Å². The highest BCUT2D eigenvalue weighted by Crippen LogP contribution is 2.28. The first-order chi connectivity index (χ1) is 11.9. The van der Waals surface area contributed by atoms with Crippen molar-refractivity contribution < 1.29 is 13.6 Å². The van der Waals surface area contributed by atoms with Crippen LogP contribution in [0, 0.1) is 0 Å². The lowest BCUT2D eigenvalue weighted by Gasteiger charge is -2.31. The van der Waals surface area contributed by atoms with Gasteiger partial charge in [0.1, 0.15) is 0 Å². The molecule has 1 aromatic rings. The molecule has 0 aromatic heterocycles. The number of carbonyl (C=O) groups excluding carboxylic acids is 1. The maximum absolute atomic E-state index is 13.1. The molecule has 1 aromatic carbocycles. The predicted molar refractivity (Wildman–Crippen MR) is 98.2 cm³/mol. The summed E-state index contributed by atoms with van der Waals surface area (Å²) >= 11 is 0. The number of nitrogens with one attached hydrogen (secondary N) is 1. The molecule has 3 nitrogen and oxygen atoms in total. The highest BCUT2D eigenvalue weighted by Gasteiger charge is 2.34. The number of halogens is 2. The van der Waals surface area contributed by atoms with Gasteiger partial charge in [-0.25, -0.2) is 8.78 Å². The van der Waals surface area contributed by atoms with Crippen LogP contribution in [0.5, 0.6) is 0 Å². The second kappa shape index (κ2) is 9.27. The van der Waals surface area contributed by atoms with Crippen LogP contribution >= 0.6 is 0 Å². The van der Waals surface area contributed by atoms with Crippen LogP contribution in [0.3, 0.4) is 0 Å². The summed E-state index contributed by atoms with van der Waals surface area (Å²) in [6.07, 6.45) is 4.37. The molecule has 1 N–H and O–H groups in total. The van der Waals surface area contributed by atoms with E-state index in [4.69, 9.17) is 0 Å². The summed E-state index contributed by atoms with van der Waals surface area (Å²) in [5, 5.41) is 2.87. The van der Waals surface area contributed by atoms with Crippen molar-refractivity contribution in [3.63, 3.8) is 0 Å². The Morgan fingerprint density at radius 1 is 1.12 bits per heavy atom. The van der Waals surface area contributed by atoms with Gasteiger partial charge in [0.05, 0.1) is 6.54 Å². The van der Waals surface area contributed by atoms with Crippen molar-refractivity contribution in [2.24, 2.45) is 0 Å². The fourth-order valence-corrected chi connectivity index (χ4v) is 3.46. The first-order valence-electron chi connectivity index (χ1n) is 9.43. The second-order valence-electron chi connectivity index (χ2n) is 7.08. The van der Waals surface area contributed by atoms with Crippen LogP contribution in [0.1, 0.15) is 63.9 Å². The summed E-state index contributed by atoms with van der Waals surface area (Å²) in [5.41, 5.74) is 2.09. The number of benzene rings is 1. The predicted octanol–water partition coefficient (Wildman–Crippen LogP) is 5.04. The van der Waals surface area contributed by atoms with Crippen LogP contribution in [0.25, 0.3) is 0 Å². The molecule has 0 atom stereocenters. The minimum atomic E-state index is -2.57. The van der Waals surface area contributed by atoms with Gasteiger partial charge in [0.15, 0.2) is 0 Å². The second-order valence-corrected chi connectivity index (χ2v) is 7.08. The molecule has 140 valence electrons.